The van der Waals surface area contributed by atoms with E-state index in [2.05, 4.69) is 55.7 Å². The van der Waals surface area contributed by atoms with E-state index < -0.39 is 14.4 Å². The van der Waals surface area contributed by atoms with Gasteiger partial charge in [0.05, 0.1) is 31.0 Å². The Morgan fingerprint density at radius 1 is 1.11 bits per heavy atom. The van der Waals surface area contributed by atoms with Crippen molar-refractivity contribution in [3.8, 4) is 11.5 Å². The molecule has 1 aliphatic rings. The van der Waals surface area contributed by atoms with Crippen molar-refractivity contribution >= 4 is 31.6 Å². The molecule has 46 heavy (non-hydrogen) atoms. The first kappa shape index (κ1) is 34.4. The Hall–Kier alpha value is -4.48. The number of ether oxygens (including phenoxy) is 3. The number of hydrogen-bond donors (Lipinski definition) is 1. The lowest BCUT2D eigenvalue weighted by Crippen LogP contribution is -2.49. The van der Waals surface area contributed by atoms with Gasteiger partial charge in [-0.15, -0.1) is 0 Å². The molecular formula is C35H44N4O6Si. The Kier molecular flexibility index (Phi) is 11.4. The molecule has 1 N–H and O–H groups in total. The fourth-order valence-electron chi connectivity index (χ4n) is 4.71. The van der Waals surface area contributed by atoms with Crippen LogP contribution in [0.4, 0.5) is 10.5 Å². The van der Waals surface area contributed by atoms with E-state index in [4.69, 9.17) is 18.6 Å². The van der Waals surface area contributed by atoms with Crippen molar-refractivity contribution < 1.29 is 28.2 Å². The molecule has 10 nitrogen and oxygen atoms in total. The standard InChI is InChI=1S/C35H44N4O6Si/c1-8-16-43-34(41)38-30-19-32(44-22-25-12-10-9-11-13-25)31(42-5)18-29(30)33(40)39-15-14-26(27-20-36-24-37-21-27)17-28(39)23-45-46(6,7)35(2,3)4/h8-14,18-21,24,28H,1,15-17,22-23H2,2-7H3,(H,38,41)/t28-/m0/s1. The van der Waals surface area contributed by atoms with Crippen molar-refractivity contribution in [2.45, 2.75) is 58.0 Å². The van der Waals surface area contributed by atoms with Gasteiger partial charge in [0.1, 0.15) is 19.5 Å². The smallest absolute Gasteiger partial charge is 0.411 e. The predicted octanol–water partition coefficient (Wildman–Crippen LogP) is 7.12. The maximum absolute atomic E-state index is 14.5. The zero-order valence-electron chi connectivity index (χ0n) is 27.5. The normalized spacial score (nSPS) is 15.0. The first-order valence-electron chi connectivity index (χ1n) is 15.3. The van der Waals surface area contributed by atoms with E-state index in [0.717, 1.165) is 16.7 Å². The Bertz CT molecular complexity index is 1540. The second-order valence-electron chi connectivity index (χ2n) is 12.6. The van der Waals surface area contributed by atoms with E-state index in [-0.39, 0.29) is 41.5 Å². The van der Waals surface area contributed by atoms with Gasteiger partial charge in [0.15, 0.2) is 19.8 Å². The number of amides is 2. The molecule has 0 bridgehead atoms. The molecule has 0 saturated carbocycles. The third-order valence-corrected chi connectivity index (χ3v) is 12.9. The quantitative estimate of drug-likeness (QED) is 0.164. The molecule has 1 aliphatic heterocycles. The molecule has 0 aliphatic carbocycles. The average molecular weight is 645 g/mol. The summed E-state index contributed by atoms with van der Waals surface area (Å²) in [6.45, 7) is 15.5. The summed E-state index contributed by atoms with van der Waals surface area (Å²) in [5.41, 5.74) is 3.37. The summed E-state index contributed by atoms with van der Waals surface area (Å²) in [7, 11) is -0.627. The van der Waals surface area contributed by atoms with Crippen LogP contribution in [-0.4, -0.2) is 68.1 Å². The minimum atomic E-state index is -2.14. The van der Waals surface area contributed by atoms with Crippen LogP contribution in [0.1, 0.15) is 48.7 Å². The molecule has 244 valence electrons. The number of rotatable bonds is 12. The maximum atomic E-state index is 14.5. The zero-order valence-corrected chi connectivity index (χ0v) is 28.5. The van der Waals surface area contributed by atoms with Gasteiger partial charge < -0.3 is 23.5 Å². The van der Waals surface area contributed by atoms with Crippen molar-refractivity contribution in [1.82, 2.24) is 14.9 Å². The molecule has 4 rings (SSSR count). The summed E-state index contributed by atoms with van der Waals surface area (Å²) in [5.74, 6) is 0.424. The van der Waals surface area contributed by atoms with Gasteiger partial charge in [-0.1, -0.05) is 69.8 Å². The maximum Gasteiger partial charge on any atom is 0.411 e. The van der Waals surface area contributed by atoms with Gasteiger partial charge in [-0.25, -0.2) is 14.8 Å². The minimum absolute atomic E-state index is 0.00567. The first-order valence-corrected chi connectivity index (χ1v) is 18.2. The number of hydrogen-bond acceptors (Lipinski definition) is 8. The largest absolute Gasteiger partial charge is 0.493 e. The lowest BCUT2D eigenvalue weighted by atomic mass is 9.95. The van der Waals surface area contributed by atoms with E-state index in [1.54, 1.807) is 29.4 Å². The van der Waals surface area contributed by atoms with Crippen LogP contribution < -0.4 is 14.8 Å². The molecule has 0 spiro atoms. The molecule has 2 aromatic carbocycles. The van der Waals surface area contributed by atoms with Crippen LogP contribution in [0.25, 0.3) is 5.57 Å². The van der Waals surface area contributed by atoms with Crippen LogP contribution in [0.2, 0.25) is 18.1 Å². The summed E-state index contributed by atoms with van der Waals surface area (Å²) >= 11 is 0. The van der Waals surface area contributed by atoms with E-state index in [0.29, 0.717) is 31.1 Å². The number of carbonyl (C=O) groups is 2. The Balaban J connectivity index is 1.71. The zero-order chi connectivity index (χ0) is 33.3. The second-order valence-corrected chi connectivity index (χ2v) is 17.4. The van der Waals surface area contributed by atoms with Crippen LogP contribution >= 0.6 is 0 Å². The SMILES string of the molecule is C=CCOC(=O)Nc1cc(OCc2ccccc2)c(OC)cc1C(=O)N1CC=C(c2cncnc2)C[C@H]1CO[Si](C)(C)C(C)(C)C. The van der Waals surface area contributed by atoms with Crippen molar-refractivity contribution in [3.05, 3.63) is 96.6 Å². The van der Waals surface area contributed by atoms with Crippen LogP contribution in [0.5, 0.6) is 11.5 Å². The number of nitrogens with zero attached hydrogens (tertiary/aromatic N) is 3. The molecular weight excluding hydrogens is 600 g/mol. The van der Waals surface area contributed by atoms with Crippen molar-refractivity contribution in [2.24, 2.45) is 0 Å². The summed E-state index contributed by atoms with van der Waals surface area (Å²) in [6, 6.07) is 12.6. The van der Waals surface area contributed by atoms with Gasteiger partial charge in [-0.05, 0) is 41.8 Å². The van der Waals surface area contributed by atoms with Crippen molar-refractivity contribution in [1.29, 1.82) is 0 Å². The van der Waals surface area contributed by atoms with Gasteiger partial charge in [0.2, 0.25) is 0 Å². The summed E-state index contributed by atoms with van der Waals surface area (Å²) < 4.78 is 23.6. The number of aromatic nitrogens is 2. The topological polar surface area (TPSA) is 112 Å². The number of anilines is 1. The van der Waals surface area contributed by atoms with E-state index in [1.165, 1.54) is 19.5 Å². The third kappa shape index (κ3) is 8.61. The minimum Gasteiger partial charge on any atom is -0.493 e. The van der Waals surface area contributed by atoms with Crippen LogP contribution in [0.15, 0.2) is 79.9 Å². The fraction of sp³-hybridized carbons (Fsp3) is 0.371. The molecule has 1 aromatic heterocycles. The van der Waals surface area contributed by atoms with Gasteiger partial charge in [0, 0.05) is 30.6 Å². The molecule has 0 unspecified atom stereocenters. The molecule has 1 atom stereocenters. The average Bonchev–Trinajstić information content (AvgIpc) is 3.05. The van der Waals surface area contributed by atoms with E-state index >= 15 is 0 Å². The molecule has 2 heterocycles. The fourth-order valence-corrected chi connectivity index (χ4v) is 5.75. The van der Waals surface area contributed by atoms with E-state index in [9.17, 15) is 9.59 Å². The lowest BCUT2D eigenvalue weighted by Gasteiger charge is -2.41. The van der Waals surface area contributed by atoms with Crippen molar-refractivity contribution in [2.75, 3.05) is 32.2 Å². The molecule has 11 heteroatoms. The highest BCUT2D eigenvalue weighted by atomic mass is 28.4. The summed E-state index contributed by atoms with van der Waals surface area (Å²) in [5, 5.41) is 2.73. The first-order chi connectivity index (χ1) is 21.9. The number of methoxy groups -OCH3 is 1. The summed E-state index contributed by atoms with van der Waals surface area (Å²) in [4.78, 5) is 37.3. The van der Waals surface area contributed by atoms with Gasteiger partial charge in [-0.2, -0.15) is 0 Å². The van der Waals surface area contributed by atoms with Gasteiger partial charge in [-0.3, -0.25) is 10.1 Å². The third-order valence-electron chi connectivity index (χ3n) is 8.41. The highest BCUT2D eigenvalue weighted by molar-refractivity contribution is 6.74. The Labute approximate surface area is 272 Å². The van der Waals surface area contributed by atoms with Crippen molar-refractivity contribution in [3.63, 3.8) is 0 Å². The summed E-state index contributed by atoms with van der Waals surface area (Å²) in [6.07, 6.45) is 8.35. The molecule has 2 amide bonds. The highest BCUT2D eigenvalue weighted by Gasteiger charge is 2.39. The molecule has 0 radical (unpaired) electrons. The number of carbonyl (C=O) groups excluding carboxylic acids is 2. The number of benzene rings is 2. The van der Waals surface area contributed by atoms with Gasteiger partial charge in [0.25, 0.3) is 5.91 Å². The number of nitrogens with one attached hydrogen (secondary N) is 1. The highest BCUT2D eigenvalue weighted by Crippen LogP contribution is 2.39. The predicted molar refractivity (Wildman–Crippen MR) is 182 cm³/mol. The molecule has 0 saturated heterocycles. The van der Waals surface area contributed by atoms with Crippen LogP contribution in [0.3, 0.4) is 0 Å². The van der Waals surface area contributed by atoms with Gasteiger partial charge >= 0.3 is 6.09 Å². The van der Waals surface area contributed by atoms with Crippen LogP contribution in [0, 0.1) is 0 Å². The van der Waals surface area contributed by atoms with Crippen LogP contribution in [-0.2, 0) is 15.8 Å². The van der Waals surface area contributed by atoms with E-state index in [1.807, 2.05) is 36.4 Å². The Morgan fingerprint density at radius 2 is 1.83 bits per heavy atom. The molecule has 3 aromatic rings. The second kappa shape index (κ2) is 15.2. The lowest BCUT2D eigenvalue weighted by molar-refractivity contribution is 0.0627. The monoisotopic (exact) mass is 644 g/mol. The molecule has 0 fully saturated rings. The Morgan fingerprint density at radius 3 is 2.48 bits per heavy atom.